The van der Waals surface area contributed by atoms with Crippen LogP contribution in [0.5, 0.6) is 0 Å². The highest BCUT2D eigenvalue weighted by Gasteiger charge is 2.36. The summed E-state index contributed by atoms with van der Waals surface area (Å²) >= 11 is 0. The topological polar surface area (TPSA) is 130 Å². The molecule has 1 unspecified atom stereocenters. The van der Waals surface area contributed by atoms with Crippen LogP contribution in [-0.2, 0) is 29.4 Å². The van der Waals surface area contributed by atoms with Crippen LogP contribution in [0.25, 0.3) is 0 Å². The number of hydrogen-bond acceptors (Lipinski definition) is 6. The molecule has 0 bridgehead atoms. The summed E-state index contributed by atoms with van der Waals surface area (Å²) in [6.07, 6.45) is 1.89. The number of sulfonamides is 1. The average molecular weight is 460 g/mol. The van der Waals surface area contributed by atoms with E-state index < -0.39 is 37.9 Å². The molecule has 0 aromatic heterocycles. The quantitative estimate of drug-likeness (QED) is 0.569. The molecule has 1 heterocycles. The minimum atomic E-state index is -3.98. The third-order valence-electron chi connectivity index (χ3n) is 4.87. The lowest BCUT2D eigenvalue weighted by atomic mass is 10.1. The second-order valence-corrected chi connectivity index (χ2v) is 11.4. The Morgan fingerprint density at radius 2 is 1.87 bits per heavy atom. The van der Waals surface area contributed by atoms with E-state index in [2.05, 4.69) is 10.0 Å². The molecule has 9 nitrogen and oxygen atoms in total. The van der Waals surface area contributed by atoms with E-state index in [-0.39, 0.29) is 22.3 Å². The van der Waals surface area contributed by atoms with Gasteiger partial charge in [0.2, 0.25) is 21.8 Å². The first-order chi connectivity index (χ1) is 13.9. The Hall–Kier alpha value is -1.98. The molecule has 1 aromatic rings. The molecule has 1 saturated heterocycles. The number of nitrogens with zero attached hydrogens (tertiary/aromatic N) is 1. The van der Waals surface area contributed by atoms with Gasteiger partial charge < -0.3 is 10.2 Å². The third-order valence-corrected chi connectivity index (χ3v) is 8.18. The molecule has 0 spiro atoms. The van der Waals surface area contributed by atoms with Crippen molar-refractivity contribution >= 4 is 37.4 Å². The molecule has 0 saturated carbocycles. The molecule has 2 amide bonds. The number of hydrogen-bond donors (Lipinski definition) is 2. The zero-order valence-corrected chi connectivity index (χ0v) is 19.1. The molecule has 1 aliphatic heterocycles. The number of nitrogens with one attached hydrogen (secondary N) is 2. The summed E-state index contributed by atoms with van der Waals surface area (Å²) in [5, 5.41) is 2.55. The molecule has 30 heavy (non-hydrogen) atoms. The summed E-state index contributed by atoms with van der Waals surface area (Å²) in [5.74, 6) is -0.769. The van der Waals surface area contributed by atoms with Gasteiger partial charge in [0.05, 0.1) is 22.4 Å². The fourth-order valence-electron chi connectivity index (χ4n) is 3.34. The van der Waals surface area contributed by atoms with Crippen LogP contribution in [0.15, 0.2) is 29.2 Å². The molecule has 1 aromatic carbocycles. The van der Waals surface area contributed by atoms with Gasteiger partial charge >= 0.3 is 0 Å². The van der Waals surface area contributed by atoms with Crippen molar-refractivity contribution in [1.82, 2.24) is 9.62 Å². The number of rotatable bonds is 9. The van der Waals surface area contributed by atoms with E-state index in [1.165, 1.54) is 43.0 Å². The van der Waals surface area contributed by atoms with Crippen LogP contribution >= 0.6 is 0 Å². The highest BCUT2D eigenvalue weighted by atomic mass is 32.2. The van der Waals surface area contributed by atoms with E-state index in [1.54, 1.807) is 0 Å². The monoisotopic (exact) mass is 459 g/mol. The lowest BCUT2D eigenvalue weighted by Gasteiger charge is -2.31. The molecule has 2 atom stereocenters. The van der Waals surface area contributed by atoms with Gasteiger partial charge in [0.25, 0.3) is 0 Å². The van der Waals surface area contributed by atoms with Gasteiger partial charge in [0.1, 0.15) is 0 Å². The van der Waals surface area contributed by atoms with E-state index >= 15 is 0 Å². The van der Waals surface area contributed by atoms with Crippen molar-refractivity contribution in [3.8, 4) is 0 Å². The van der Waals surface area contributed by atoms with Crippen molar-refractivity contribution in [3.05, 3.63) is 24.3 Å². The van der Waals surface area contributed by atoms with Gasteiger partial charge in [-0.15, -0.1) is 0 Å². The summed E-state index contributed by atoms with van der Waals surface area (Å²) in [6.45, 7) is 5.14. The second kappa shape index (κ2) is 9.88. The molecule has 0 aliphatic carbocycles. The Morgan fingerprint density at radius 1 is 1.23 bits per heavy atom. The van der Waals surface area contributed by atoms with Crippen LogP contribution in [0.1, 0.15) is 40.0 Å². The Bertz CT molecular complexity index is 974. The zero-order chi connectivity index (χ0) is 22.5. The fourth-order valence-corrected chi connectivity index (χ4v) is 6.27. The van der Waals surface area contributed by atoms with E-state index in [1.807, 2.05) is 6.92 Å². The van der Waals surface area contributed by atoms with Gasteiger partial charge in [-0.1, -0.05) is 13.3 Å². The van der Waals surface area contributed by atoms with Crippen LogP contribution in [0.3, 0.4) is 0 Å². The van der Waals surface area contributed by atoms with Crippen LogP contribution in [0, 0.1) is 0 Å². The van der Waals surface area contributed by atoms with Gasteiger partial charge in [-0.3, -0.25) is 9.59 Å². The van der Waals surface area contributed by atoms with Crippen molar-refractivity contribution < 1.29 is 26.4 Å². The zero-order valence-electron chi connectivity index (χ0n) is 17.4. The first-order valence-corrected chi connectivity index (χ1v) is 13.2. The van der Waals surface area contributed by atoms with Gasteiger partial charge in [-0.2, -0.15) is 4.72 Å². The number of anilines is 1. The second-order valence-electron chi connectivity index (χ2n) is 7.49. The molecule has 11 heteroatoms. The van der Waals surface area contributed by atoms with Crippen LogP contribution < -0.4 is 10.0 Å². The number of unbranched alkanes of at least 4 members (excludes halogenated alkanes) is 1. The van der Waals surface area contributed by atoms with Crippen molar-refractivity contribution in [1.29, 1.82) is 0 Å². The maximum Gasteiger partial charge on any atom is 0.241 e. The Labute approximate surface area is 178 Å². The van der Waals surface area contributed by atoms with E-state index in [9.17, 15) is 26.4 Å². The highest BCUT2D eigenvalue weighted by Crippen LogP contribution is 2.20. The number of carbonyl (C=O) groups excluding carboxylic acids is 2. The molecule has 2 rings (SSSR count). The Balaban J connectivity index is 2.13. The fraction of sp³-hybridized carbons (Fsp3) is 0.579. The molecule has 168 valence electrons. The normalized spacial score (nSPS) is 19.2. The summed E-state index contributed by atoms with van der Waals surface area (Å²) in [5.41, 5.74) is 0.457. The SMILES string of the molecule is CCCCN(C(=O)[C@H](C)NS(=O)(=O)c1ccc(NC(C)=O)cc1)C1CCS(=O)(=O)C1. The van der Waals surface area contributed by atoms with Crippen molar-refractivity contribution in [2.24, 2.45) is 0 Å². The smallest absolute Gasteiger partial charge is 0.241 e. The van der Waals surface area contributed by atoms with Crippen molar-refractivity contribution in [2.45, 2.75) is 57.0 Å². The number of benzene rings is 1. The predicted octanol–water partition coefficient (Wildman–Crippen LogP) is 1.13. The van der Waals surface area contributed by atoms with Crippen molar-refractivity contribution in [3.63, 3.8) is 0 Å². The molecule has 2 N–H and O–H groups in total. The van der Waals surface area contributed by atoms with Gasteiger partial charge in [-0.25, -0.2) is 16.8 Å². The number of carbonyl (C=O) groups is 2. The number of amides is 2. The minimum Gasteiger partial charge on any atom is -0.337 e. The lowest BCUT2D eigenvalue weighted by molar-refractivity contribution is -0.134. The minimum absolute atomic E-state index is 0.0360. The van der Waals surface area contributed by atoms with Crippen molar-refractivity contribution in [2.75, 3.05) is 23.4 Å². The third kappa shape index (κ3) is 6.51. The summed E-state index contributed by atoms with van der Waals surface area (Å²) < 4.78 is 51.4. The first-order valence-electron chi connectivity index (χ1n) is 9.86. The predicted molar refractivity (Wildman–Crippen MR) is 114 cm³/mol. The standard InChI is InChI=1S/C19H29N3O6S2/c1-4-5-11-22(17-10-12-29(25,26)13-17)19(24)14(2)21-30(27,28)18-8-6-16(7-9-18)20-15(3)23/h6-9,14,17,21H,4-5,10-13H2,1-3H3,(H,20,23)/t14-,17?/m0/s1. The van der Waals surface area contributed by atoms with Gasteiger partial charge in [-0.05, 0) is 44.0 Å². The highest BCUT2D eigenvalue weighted by molar-refractivity contribution is 7.91. The first kappa shape index (κ1) is 24.3. The van der Waals surface area contributed by atoms with Gasteiger partial charge in [0.15, 0.2) is 9.84 Å². The van der Waals surface area contributed by atoms with E-state index in [0.717, 1.165) is 6.42 Å². The Morgan fingerprint density at radius 3 is 2.37 bits per heavy atom. The molecule has 1 aliphatic rings. The molecule has 1 fully saturated rings. The maximum absolute atomic E-state index is 13.0. The largest absolute Gasteiger partial charge is 0.337 e. The average Bonchev–Trinajstić information content (AvgIpc) is 3.01. The maximum atomic E-state index is 13.0. The van der Waals surface area contributed by atoms with E-state index in [0.29, 0.717) is 25.1 Å². The summed E-state index contributed by atoms with van der Waals surface area (Å²) in [7, 11) is -7.16. The van der Waals surface area contributed by atoms with Crippen LogP contribution in [0.2, 0.25) is 0 Å². The molecular weight excluding hydrogens is 430 g/mol. The number of sulfone groups is 1. The Kier molecular flexibility index (Phi) is 8.00. The van der Waals surface area contributed by atoms with Crippen LogP contribution in [-0.4, -0.2) is 63.7 Å². The van der Waals surface area contributed by atoms with Crippen LogP contribution in [0.4, 0.5) is 5.69 Å². The summed E-state index contributed by atoms with van der Waals surface area (Å²) in [6, 6.07) is 4.11. The molecule has 0 radical (unpaired) electrons. The molecular formula is C19H29N3O6S2. The van der Waals surface area contributed by atoms with E-state index in [4.69, 9.17) is 0 Å². The lowest BCUT2D eigenvalue weighted by Crippen LogP contribution is -2.51. The summed E-state index contributed by atoms with van der Waals surface area (Å²) in [4.78, 5) is 25.5. The van der Waals surface area contributed by atoms with Gasteiger partial charge in [0, 0.05) is 25.2 Å².